The molecule has 1 heterocycles. The second kappa shape index (κ2) is 7.17. The van der Waals surface area contributed by atoms with Crippen LogP contribution in [0.4, 0.5) is 0 Å². The van der Waals surface area contributed by atoms with Crippen LogP contribution in [0.15, 0.2) is 0 Å². The molecule has 1 fully saturated rings. The van der Waals surface area contributed by atoms with E-state index in [1.54, 1.807) is 0 Å². The minimum Gasteiger partial charge on any atom is -0.395 e. The van der Waals surface area contributed by atoms with Gasteiger partial charge in [-0.3, -0.25) is 0 Å². The number of nitrogens with zero attached hydrogens (tertiary/aromatic N) is 2. The van der Waals surface area contributed by atoms with E-state index in [0.717, 1.165) is 26.2 Å². The van der Waals surface area contributed by atoms with Gasteiger partial charge in [0.15, 0.2) is 0 Å². The zero-order chi connectivity index (χ0) is 10.2. The van der Waals surface area contributed by atoms with Gasteiger partial charge >= 0.3 is 0 Å². The van der Waals surface area contributed by atoms with Crippen molar-refractivity contribution in [2.75, 3.05) is 59.5 Å². The molecule has 14 heavy (non-hydrogen) atoms. The summed E-state index contributed by atoms with van der Waals surface area (Å²) < 4.78 is 0. The average Bonchev–Trinajstić information content (AvgIpc) is 2.20. The van der Waals surface area contributed by atoms with Crippen LogP contribution in [-0.2, 0) is 0 Å². The van der Waals surface area contributed by atoms with Crippen molar-refractivity contribution in [3.8, 4) is 0 Å². The molecule has 4 nitrogen and oxygen atoms in total. The molecule has 0 saturated carbocycles. The van der Waals surface area contributed by atoms with E-state index in [2.05, 4.69) is 22.2 Å². The second-order valence-corrected chi connectivity index (χ2v) is 3.97. The Morgan fingerprint density at radius 1 is 1.29 bits per heavy atom. The third kappa shape index (κ3) is 4.91. The molecule has 0 aliphatic carbocycles. The molecular weight excluding hydrogens is 178 g/mol. The topological polar surface area (TPSA) is 38.7 Å². The number of piperazine rings is 1. The van der Waals surface area contributed by atoms with Gasteiger partial charge < -0.3 is 20.2 Å². The summed E-state index contributed by atoms with van der Waals surface area (Å²) in [4.78, 5) is 4.69. The minimum absolute atomic E-state index is 0.268. The molecule has 0 aromatic rings. The first kappa shape index (κ1) is 11.9. The van der Waals surface area contributed by atoms with Crippen LogP contribution in [0, 0.1) is 0 Å². The van der Waals surface area contributed by atoms with Crippen molar-refractivity contribution >= 4 is 0 Å². The summed E-state index contributed by atoms with van der Waals surface area (Å²) >= 11 is 0. The fourth-order valence-corrected chi connectivity index (χ4v) is 1.78. The van der Waals surface area contributed by atoms with Crippen molar-refractivity contribution in [3.05, 3.63) is 0 Å². The molecule has 0 aromatic heterocycles. The second-order valence-electron chi connectivity index (χ2n) is 3.97. The number of hydrogen-bond acceptors (Lipinski definition) is 4. The van der Waals surface area contributed by atoms with Gasteiger partial charge in [-0.15, -0.1) is 0 Å². The van der Waals surface area contributed by atoms with Gasteiger partial charge in [0.1, 0.15) is 0 Å². The number of likely N-dealkylation sites (N-methyl/N-ethyl adjacent to an activating group) is 1. The molecule has 84 valence electrons. The van der Waals surface area contributed by atoms with E-state index < -0.39 is 0 Å². The first-order valence-corrected chi connectivity index (χ1v) is 5.55. The van der Waals surface area contributed by atoms with Gasteiger partial charge in [0, 0.05) is 32.7 Å². The van der Waals surface area contributed by atoms with Crippen LogP contribution in [-0.4, -0.2) is 74.4 Å². The molecule has 0 unspecified atom stereocenters. The van der Waals surface area contributed by atoms with Crippen LogP contribution in [0.1, 0.15) is 6.42 Å². The van der Waals surface area contributed by atoms with Crippen LogP contribution in [0.3, 0.4) is 0 Å². The van der Waals surface area contributed by atoms with Crippen LogP contribution in [0.2, 0.25) is 0 Å². The molecule has 4 heteroatoms. The fraction of sp³-hybridized carbons (Fsp3) is 1.00. The first-order chi connectivity index (χ1) is 6.83. The number of rotatable bonds is 6. The lowest BCUT2D eigenvalue weighted by molar-refractivity contribution is 0.198. The quantitative estimate of drug-likeness (QED) is 0.590. The Kier molecular flexibility index (Phi) is 6.10. The van der Waals surface area contributed by atoms with E-state index in [4.69, 9.17) is 5.11 Å². The molecule has 1 rings (SSSR count). The molecular formula is C10H23N3O. The smallest absolute Gasteiger partial charge is 0.0558 e. The molecule has 2 N–H and O–H groups in total. The van der Waals surface area contributed by atoms with E-state index >= 15 is 0 Å². The van der Waals surface area contributed by atoms with E-state index in [1.165, 1.54) is 26.1 Å². The molecule has 0 atom stereocenters. The molecule has 1 saturated heterocycles. The summed E-state index contributed by atoms with van der Waals surface area (Å²) in [5.41, 5.74) is 0. The maximum Gasteiger partial charge on any atom is 0.0558 e. The zero-order valence-corrected chi connectivity index (χ0v) is 9.21. The summed E-state index contributed by atoms with van der Waals surface area (Å²) in [6.07, 6.45) is 1.20. The van der Waals surface area contributed by atoms with Crippen molar-refractivity contribution in [2.24, 2.45) is 0 Å². The Bertz CT molecular complexity index is 137. The summed E-state index contributed by atoms with van der Waals surface area (Å²) in [7, 11) is 2.06. The van der Waals surface area contributed by atoms with Crippen molar-refractivity contribution in [3.63, 3.8) is 0 Å². The number of hydrogen-bond donors (Lipinski definition) is 2. The molecule has 0 spiro atoms. The van der Waals surface area contributed by atoms with Crippen molar-refractivity contribution < 1.29 is 5.11 Å². The third-order valence-electron chi connectivity index (χ3n) is 2.71. The maximum absolute atomic E-state index is 8.72. The predicted molar refractivity (Wildman–Crippen MR) is 58.5 cm³/mol. The minimum atomic E-state index is 0.268. The lowest BCUT2D eigenvalue weighted by atomic mass is 10.3. The fourth-order valence-electron chi connectivity index (χ4n) is 1.78. The molecule has 1 aliphatic heterocycles. The van der Waals surface area contributed by atoms with Crippen molar-refractivity contribution in [2.45, 2.75) is 6.42 Å². The standard InChI is InChI=1S/C10H23N3O/c1-12(9-10-14)5-2-6-13-7-3-11-4-8-13/h11,14H,2-10H2,1H3. The first-order valence-electron chi connectivity index (χ1n) is 5.55. The Morgan fingerprint density at radius 3 is 2.64 bits per heavy atom. The average molecular weight is 201 g/mol. The van der Waals surface area contributed by atoms with Crippen LogP contribution >= 0.6 is 0 Å². The van der Waals surface area contributed by atoms with Crippen molar-refractivity contribution in [1.29, 1.82) is 0 Å². The summed E-state index contributed by atoms with van der Waals surface area (Å²) in [5, 5.41) is 12.1. The Balaban J connectivity index is 1.96. The van der Waals surface area contributed by atoms with Gasteiger partial charge in [-0.25, -0.2) is 0 Å². The molecule has 1 aliphatic rings. The number of nitrogens with one attached hydrogen (secondary N) is 1. The Morgan fingerprint density at radius 2 is 2.00 bits per heavy atom. The highest BCUT2D eigenvalue weighted by molar-refractivity contribution is 4.67. The molecule has 0 aromatic carbocycles. The zero-order valence-electron chi connectivity index (χ0n) is 9.21. The summed E-state index contributed by atoms with van der Waals surface area (Å²) in [6.45, 7) is 7.97. The Labute approximate surface area is 86.9 Å². The largest absolute Gasteiger partial charge is 0.395 e. The highest BCUT2D eigenvalue weighted by atomic mass is 16.3. The van der Waals surface area contributed by atoms with E-state index in [0.29, 0.717) is 0 Å². The lowest BCUT2D eigenvalue weighted by Gasteiger charge is -2.27. The number of aliphatic hydroxyl groups is 1. The summed E-state index contributed by atoms with van der Waals surface area (Å²) in [6, 6.07) is 0. The van der Waals surface area contributed by atoms with E-state index in [9.17, 15) is 0 Å². The van der Waals surface area contributed by atoms with Gasteiger partial charge in [-0.1, -0.05) is 0 Å². The van der Waals surface area contributed by atoms with Crippen LogP contribution < -0.4 is 5.32 Å². The monoisotopic (exact) mass is 201 g/mol. The SMILES string of the molecule is CN(CCO)CCCN1CCNCC1. The third-order valence-corrected chi connectivity index (χ3v) is 2.71. The maximum atomic E-state index is 8.72. The van der Waals surface area contributed by atoms with Gasteiger partial charge in [0.2, 0.25) is 0 Å². The van der Waals surface area contributed by atoms with Gasteiger partial charge in [-0.05, 0) is 26.6 Å². The van der Waals surface area contributed by atoms with E-state index in [1.807, 2.05) is 0 Å². The molecule has 0 bridgehead atoms. The normalized spacial score (nSPS) is 19.1. The van der Waals surface area contributed by atoms with E-state index in [-0.39, 0.29) is 6.61 Å². The van der Waals surface area contributed by atoms with Gasteiger partial charge in [-0.2, -0.15) is 0 Å². The van der Waals surface area contributed by atoms with Crippen LogP contribution in [0.5, 0.6) is 0 Å². The van der Waals surface area contributed by atoms with Gasteiger partial charge in [0.05, 0.1) is 6.61 Å². The van der Waals surface area contributed by atoms with Crippen LogP contribution in [0.25, 0.3) is 0 Å². The highest BCUT2D eigenvalue weighted by Gasteiger charge is 2.08. The van der Waals surface area contributed by atoms with Gasteiger partial charge in [0.25, 0.3) is 0 Å². The summed E-state index contributed by atoms with van der Waals surface area (Å²) in [5.74, 6) is 0. The Hall–Kier alpha value is -0.160. The molecule has 0 radical (unpaired) electrons. The lowest BCUT2D eigenvalue weighted by Crippen LogP contribution is -2.44. The predicted octanol–water partition coefficient (Wildman–Crippen LogP) is -0.794. The number of aliphatic hydroxyl groups excluding tert-OH is 1. The highest BCUT2D eigenvalue weighted by Crippen LogP contribution is 1.95. The van der Waals surface area contributed by atoms with Crippen molar-refractivity contribution in [1.82, 2.24) is 15.1 Å². The molecule has 0 amide bonds.